The van der Waals surface area contributed by atoms with Gasteiger partial charge in [-0.25, -0.2) is 13.6 Å². The van der Waals surface area contributed by atoms with Gasteiger partial charge in [-0.1, -0.05) is 29.8 Å². The zero-order valence-corrected chi connectivity index (χ0v) is 16.8. The fraction of sp³-hybridized carbons (Fsp3) is 0.333. The fourth-order valence-electron chi connectivity index (χ4n) is 3.19. The zero-order chi connectivity index (χ0) is 21.0. The highest BCUT2D eigenvalue weighted by Crippen LogP contribution is 2.17. The number of hydrogen-bond acceptors (Lipinski definition) is 2. The number of carbonyl (C=O) groups is 2. The summed E-state index contributed by atoms with van der Waals surface area (Å²) in [4.78, 5) is 28.3. The summed E-state index contributed by atoms with van der Waals surface area (Å²) in [6.07, 6.45) is 0.288. The molecule has 154 valence electrons. The van der Waals surface area contributed by atoms with Gasteiger partial charge in [-0.15, -0.1) is 0 Å². The van der Waals surface area contributed by atoms with E-state index in [0.29, 0.717) is 36.8 Å². The smallest absolute Gasteiger partial charge is 0.317 e. The lowest BCUT2D eigenvalue weighted by molar-refractivity contribution is -0.131. The first-order valence-corrected chi connectivity index (χ1v) is 9.74. The Hall–Kier alpha value is -2.67. The predicted molar refractivity (Wildman–Crippen MR) is 107 cm³/mol. The molecule has 1 aliphatic heterocycles. The molecule has 0 radical (unpaired) electrons. The second-order valence-electron chi connectivity index (χ2n) is 7.02. The third-order valence-corrected chi connectivity index (χ3v) is 5.22. The molecular weight excluding hydrogens is 400 g/mol. The van der Waals surface area contributed by atoms with Crippen molar-refractivity contribution in [1.82, 2.24) is 15.1 Å². The Bertz CT molecular complexity index is 884. The molecule has 0 bridgehead atoms. The quantitative estimate of drug-likeness (QED) is 0.816. The largest absolute Gasteiger partial charge is 0.339 e. The highest BCUT2D eigenvalue weighted by atomic mass is 35.5. The zero-order valence-electron chi connectivity index (χ0n) is 16.0. The van der Waals surface area contributed by atoms with Gasteiger partial charge in [0, 0.05) is 31.2 Å². The Morgan fingerprint density at radius 2 is 1.62 bits per heavy atom. The molecular formula is C21H22ClF2N3O2. The van der Waals surface area contributed by atoms with E-state index in [2.05, 4.69) is 5.32 Å². The Kier molecular flexibility index (Phi) is 6.69. The fourth-order valence-corrected chi connectivity index (χ4v) is 3.32. The van der Waals surface area contributed by atoms with Crippen molar-refractivity contribution >= 4 is 23.5 Å². The van der Waals surface area contributed by atoms with Crippen molar-refractivity contribution in [1.29, 1.82) is 0 Å². The van der Waals surface area contributed by atoms with Gasteiger partial charge in [-0.3, -0.25) is 4.79 Å². The summed E-state index contributed by atoms with van der Waals surface area (Å²) in [5.41, 5.74) is 1.37. The van der Waals surface area contributed by atoms with E-state index in [1.54, 1.807) is 28.9 Å². The number of piperazine rings is 1. The van der Waals surface area contributed by atoms with Gasteiger partial charge < -0.3 is 15.1 Å². The number of rotatable bonds is 4. The van der Waals surface area contributed by atoms with Crippen molar-refractivity contribution in [3.63, 3.8) is 0 Å². The first-order chi connectivity index (χ1) is 13.8. The van der Waals surface area contributed by atoms with E-state index < -0.39 is 17.7 Å². The summed E-state index contributed by atoms with van der Waals surface area (Å²) in [6, 6.07) is 9.94. The number of nitrogens with zero attached hydrogens (tertiary/aromatic N) is 2. The SMILES string of the molecule is CC(NC(=O)N1CCN(C(=O)Cc2ccc(Cl)cc2)CC1)c1ccc(F)c(F)c1. The highest BCUT2D eigenvalue weighted by Gasteiger charge is 2.25. The topological polar surface area (TPSA) is 52.7 Å². The Morgan fingerprint density at radius 3 is 2.24 bits per heavy atom. The standard InChI is InChI=1S/C21H22ClF2N3O2/c1-14(16-4-7-18(23)19(24)13-16)25-21(29)27-10-8-26(9-11-27)20(28)12-15-2-5-17(22)6-3-15/h2-7,13-14H,8-12H2,1H3,(H,25,29). The average Bonchev–Trinajstić information content (AvgIpc) is 2.71. The molecule has 1 saturated heterocycles. The van der Waals surface area contributed by atoms with Crippen LogP contribution in [0.1, 0.15) is 24.1 Å². The van der Waals surface area contributed by atoms with Crippen LogP contribution in [0, 0.1) is 11.6 Å². The highest BCUT2D eigenvalue weighted by molar-refractivity contribution is 6.30. The number of nitrogens with one attached hydrogen (secondary N) is 1. The van der Waals surface area contributed by atoms with E-state index in [9.17, 15) is 18.4 Å². The molecule has 29 heavy (non-hydrogen) atoms. The maximum Gasteiger partial charge on any atom is 0.317 e. The molecule has 3 rings (SSSR count). The van der Waals surface area contributed by atoms with Crippen LogP contribution >= 0.6 is 11.6 Å². The molecule has 5 nitrogen and oxygen atoms in total. The van der Waals surface area contributed by atoms with Crippen molar-refractivity contribution in [2.75, 3.05) is 26.2 Å². The van der Waals surface area contributed by atoms with E-state index in [0.717, 1.165) is 17.7 Å². The van der Waals surface area contributed by atoms with Gasteiger partial charge in [0.2, 0.25) is 5.91 Å². The first-order valence-electron chi connectivity index (χ1n) is 9.36. The maximum atomic E-state index is 13.4. The second kappa shape index (κ2) is 9.22. The van der Waals surface area contributed by atoms with Crippen LogP contribution in [0.15, 0.2) is 42.5 Å². The van der Waals surface area contributed by atoms with Gasteiger partial charge in [0.05, 0.1) is 12.5 Å². The summed E-state index contributed by atoms with van der Waals surface area (Å²) >= 11 is 5.86. The number of carbonyl (C=O) groups excluding carboxylic acids is 2. The predicted octanol–water partition coefficient (Wildman–Crippen LogP) is 3.78. The molecule has 1 N–H and O–H groups in total. The van der Waals surface area contributed by atoms with Gasteiger partial charge in [0.1, 0.15) is 0 Å². The van der Waals surface area contributed by atoms with E-state index in [1.807, 2.05) is 12.1 Å². The van der Waals surface area contributed by atoms with Crippen LogP contribution in [0.2, 0.25) is 5.02 Å². The molecule has 1 unspecified atom stereocenters. The Morgan fingerprint density at radius 1 is 1.00 bits per heavy atom. The lowest BCUT2D eigenvalue weighted by Gasteiger charge is -2.35. The summed E-state index contributed by atoms with van der Waals surface area (Å²) in [5, 5.41) is 3.41. The summed E-state index contributed by atoms with van der Waals surface area (Å²) in [7, 11) is 0. The lowest BCUT2D eigenvalue weighted by atomic mass is 10.1. The number of halogens is 3. The van der Waals surface area contributed by atoms with Crippen LogP contribution in [0.25, 0.3) is 0 Å². The molecule has 0 saturated carbocycles. The number of benzene rings is 2. The minimum absolute atomic E-state index is 0.00235. The van der Waals surface area contributed by atoms with Gasteiger partial charge in [0.15, 0.2) is 11.6 Å². The van der Waals surface area contributed by atoms with Crippen LogP contribution in [-0.4, -0.2) is 47.9 Å². The second-order valence-corrected chi connectivity index (χ2v) is 7.45. The normalized spacial score (nSPS) is 15.2. The summed E-state index contributed by atoms with van der Waals surface area (Å²) in [5.74, 6) is -1.87. The van der Waals surface area contributed by atoms with Gasteiger partial charge in [0.25, 0.3) is 0 Å². The van der Waals surface area contributed by atoms with Crippen molar-refractivity contribution < 1.29 is 18.4 Å². The third-order valence-electron chi connectivity index (χ3n) is 4.97. The minimum Gasteiger partial charge on any atom is -0.339 e. The molecule has 3 amide bonds. The van der Waals surface area contributed by atoms with Crippen LogP contribution in [0.5, 0.6) is 0 Å². The van der Waals surface area contributed by atoms with E-state index in [1.165, 1.54) is 6.07 Å². The average molecular weight is 422 g/mol. The molecule has 1 heterocycles. The molecule has 0 spiro atoms. The van der Waals surface area contributed by atoms with Crippen LogP contribution in [0.4, 0.5) is 13.6 Å². The minimum atomic E-state index is -0.948. The van der Waals surface area contributed by atoms with Gasteiger partial charge in [-0.2, -0.15) is 0 Å². The van der Waals surface area contributed by atoms with Crippen molar-refractivity contribution in [3.8, 4) is 0 Å². The number of amides is 3. The van der Waals surface area contributed by atoms with Gasteiger partial charge in [-0.05, 0) is 42.3 Å². The molecule has 1 aliphatic rings. The van der Waals surface area contributed by atoms with E-state index in [4.69, 9.17) is 11.6 Å². The van der Waals surface area contributed by atoms with E-state index in [-0.39, 0.29) is 18.4 Å². The number of urea groups is 1. The Balaban J connectivity index is 1.49. The lowest BCUT2D eigenvalue weighted by Crippen LogP contribution is -2.53. The molecule has 1 atom stereocenters. The molecule has 0 aliphatic carbocycles. The molecule has 2 aromatic carbocycles. The van der Waals surface area contributed by atoms with Crippen molar-refractivity contribution in [3.05, 3.63) is 70.2 Å². The van der Waals surface area contributed by atoms with Crippen molar-refractivity contribution in [2.24, 2.45) is 0 Å². The summed E-state index contributed by atoms with van der Waals surface area (Å²) in [6.45, 7) is 3.40. The van der Waals surface area contributed by atoms with Crippen molar-refractivity contribution in [2.45, 2.75) is 19.4 Å². The van der Waals surface area contributed by atoms with Crippen LogP contribution < -0.4 is 5.32 Å². The Labute approximate surface area is 173 Å². The molecule has 1 fully saturated rings. The first kappa shape index (κ1) is 21.0. The molecule has 8 heteroatoms. The molecule has 0 aromatic heterocycles. The van der Waals surface area contributed by atoms with Gasteiger partial charge >= 0.3 is 6.03 Å². The third kappa shape index (κ3) is 5.44. The maximum absolute atomic E-state index is 13.4. The van der Waals surface area contributed by atoms with Crippen LogP contribution in [0.3, 0.4) is 0 Å². The van der Waals surface area contributed by atoms with E-state index >= 15 is 0 Å². The number of hydrogen-bond donors (Lipinski definition) is 1. The van der Waals surface area contributed by atoms with Crippen LogP contribution in [-0.2, 0) is 11.2 Å². The summed E-state index contributed by atoms with van der Waals surface area (Å²) < 4.78 is 26.4. The molecule has 2 aromatic rings. The monoisotopic (exact) mass is 421 g/mol.